The minimum absolute atomic E-state index is 0.0202. The second-order valence-electron chi connectivity index (χ2n) is 6.87. The fraction of sp³-hybridized carbons (Fsp3) is 0.529. The second-order valence-corrected chi connectivity index (χ2v) is 8.14. The van der Waals surface area contributed by atoms with Crippen LogP contribution in [0.3, 0.4) is 0 Å². The lowest BCUT2D eigenvalue weighted by Crippen LogP contribution is -2.44. The van der Waals surface area contributed by atoms with Crippen molar-refractivity contribution in [3.63, 3.8) is 0 Å². The summed E-state index contributed by atoms with van der Waals surface area (Å²) < 4.78 is 5.34. The van der Waals surface area contributed by atoms with E-state index in [-0.39, 0.29) is 18.3 Å². The van der Waals surface area contributed by atoms with Gasteiger partial charge in [-0.05, 0) is 45.0 Å². The SMILES string of the molecule is CC(C)(C)OC(=O)N1C[C@H](Sc2ccc(C#N)cc2)[C@](O)(CO)C1. The van der Waals surface area contributed by atoms with E-state index >= 15 is 0 Å². The van der Waals surface area contributed by atoms with Gasteiger partial charge in [-0.25, -0.2) is 4.79 Å². The Balaban J connectivity index is 2.10. The summed E-state index contributed by atoms with van der Waals surface area (Å²) in [7, 11) is 0. The number of β-amino-alcohol motifs (C(OH)–C–C–N with tert-alkyl or cyclic N) is 1. The van der Waals surface area contributed by atoms with Crippen molar-refractivity contribution in [3.05, 3.63) is 29.8 Å². The molecule has 1 aliphatic heterocycles. The van der Waals surface area contributed by atoms with Gasteiger partial charge in [-0.1, -0.05) is 0 Å². The Morgan fingerprint density at radius 2 is 2.08 bits per heavy atom. The molecular formula is C17H22N2O4S. The number of carbonyl (C=O) groups excluding carboxylic acids is 1. The molecule has 0 spiro atoms. The zero-order chi connectivity index (χ0) is 18.0. The van der Waals surface area contributed by atoms with Crippen LogP contribution < -0.4 is 0 Å². The number of nitrogens with zero attached hydrogens (tertiary/aromatic N) is 2. The number of carbonyl (C=O) groups is 1. The summed E-state index contributed by atoms with van der Waals surface area (Å²) in [6.45, 7) is 5.19. The first-order valence-electron chi connectivity index (χ1n) is 7.65. The van der Waals surface area contributed by atoms with Gasteiger partial charge in [0.25, 0.3) is 0 Å². The third kappa shape index (κ3) is 4.41. The number of nitriles is 1. The summed E-state index contributed by atoms with van der Waals surface area (Å²) in [5.41, 5.74) is -1.46. The molecule has 24 heavy (non-hydrogen) atoms. The number of likely N-dealkylation sites (tertiary alicyclic amines) is 1. The number of hydrogen-bond donors (Lipinski definition) is 2. The smallest absolute Gasteiger partial charge is 0.410 e. The Hall–Kier alpha value is -1.75. The standard InChI is InChI=1S/C17H22N2O4S/c1-16(2,3)23-15(21)19-9-14(17(22,10-19)11-20)24-13-6-4-12(8-18)5-7-13/h4-7,14,20,22H,9-11H2,1-3H3/t14-,17+/m0/s1. The van der Waals surface area contributed by atoms with Crippen LogP contribution in [0.25, 0.3) is 0 Å². The predicted molar refractivity (Wildman–Crippen MR) is 90.6 cm³/mol. The highest BCUT2D eigenvalue weighted by molar-refractivity contribution is 8.00. The minimum atomic E-state index is -1.39. The van der Waals surface area contributed by atoms with Crippen molar-refractivity contribution < 1.29 is 19.7 Å². The molecule has 6 nitrogen and oxygen atoms in total. The number of rotatable bonds is 3. The average molecular weight is 350 g/mol. The zero-order valence-electron chi connectivity index (χ0n) is 14.0. The Bertz CT molecular complexity index is 635. The maximum Gasteiger partial charge on any atom is 0.410 e. The molecular weight excluding hydrogens is 328 g/mol. The van der Waals surface area contributed by atoms with E-state index in [9.17, 15) is 15.0 Å². The van der Waals surface area contributed by atoms with Gasteiger partial charge >= 0.3 is 6.09 Å². The largest absolute Gasteiger partial charge is 0.444 e. The Morgan fingerprint density at radius 1 is 1.46 bits per heavy atom. The lowest BCUT2D eigenvalue weighted by molar-refractivity contribution is -0.00976. The predicted octanol–water partition coefficient (Wildman–Crippen LogP) is 1.99. The molecule has 0 aromatic heterocycles. The van der Waals surface area contributed by atoms with Gasteiger partial charge in [-0.15, -0.1) is 11.8 Å². The Morgan fingerprint density at radius 3 is 2.58 bits per heavy atom. The first-order chi connectivity index (χ1) is 11.2. The summed E-state index contributed by atoms with van der Waals surface area (Å²) >= 11 is 1.37. The molecule has 2 N–H and O–H groups in total. The van der Waals surface area contributed by atoms with E-state index in [0.29, 0.717) is 5.56 Å². The second kappa shape index (κ2) is 7.01. The van der Waals surface area contributed by atoms with Crippen LogP contribution in [0, 0.1) is 11.3 Å². The van der Waals surface area contributed by atoms with Gasteiger partial charge in [-0.3, -0.25) is 0 Å². The number of thioether (sulfide) groups is 1. The molecule has 1 saturated heterocycles. The lowest BCUT2D eigenvalue weighted by atomic mass is 10.1. The first kappa shape index (κ1) is 18.6. The van der Waals surface area contributed by atoms with Crippen LogP contribution in [0.5, 0.6) is 0 Å². The highest BCUT2D eigenvalue weighted by atomic mass is 32.2. The molecule has 2 rings (SSSR count). The van der Waals surface area contributed by atoms with Crippen molar-refractivity contribution in [2.45, 2.75) is 42.1 Å². The molecule has 0 aliphatic carbocycles. The molecule has 0 saturated carbocycles. The minimum Gasteiger partial charge on any atom is -0.444 e. The zero-order valence-corrected chi connectivity index (χ0v) is 14.8. The first-order valence-corrected chi connectivity index (χ1v) is 8.53. The van der Waals surface area contributed by atoms with Crippen molar-refractivity contribution in [2.24, 2.45) is 0 Å². The molecule has 1 aromatic rings. The van der Waals surface area contributed by atoms with Crippen molar-refractivity contribution in [1.82, 2.24) is 4.90 Å². The summed E-state index contributed by atoms with van der Waals surface area (Å²) in [6, 6.07) is 9.02. The van der Waals surface area contributed by atoms with E-state index in [4.69, 9.17) is 10.00 Å². The summed E-state index contributed by atoms with van der Waals surface area (Å²) in [4.78, 5) is 14.5. The van der Waals surface area contributed by atoms with Gasteiger partial charge < -0.3 is 19.8 Å². The van der Waals surface area contributed by atoms with E-state index in [1.54, 1.807) is 45.0 Å². The topological polar surface area (TPSA) is 93.8 Å². The normalized spacial score (nSPS) is 23.8. The molecule has 130 valence electrons. The summed E-state index contributed by atoms with van der Waals surface area (Å²) in [5, 5.41) is 28.7. The molecule has 0 bridgehead atoms. The maximum atomic E-state index is 12.2. The van der Waals surface area contributed by atoms with E-state index in [1.165, 1.54) is 16.7 Å². The number of benzene rings is 1. The van der Waals surface area contributed by atoms with E-state index in [0.717, 1.165) is 4.90 Å². The van der Waals surface area contributed by atoms with E-state index in [1.807, 2.05) is 0 Å². The van der Waals surface area contributed by atoms with Crippen LogP contribution in [-0.2, 0) is 4.74 Å². The van der Waals surface area contributed by atoms with Gasteiger partial charge in [0.1, 0.15) is 11.2 Å². The quantitative estimate of drug-likeness (QED) is 0.866. The third-order valence-electron chi connectivity index (χ3n) is 3.64. The molecule has 1 aliphatic rings. The van der Waals surface area contributed by atoms with Crippen molar-refractivity contribution in [3.8, 4) is 6.07 Å². The number of ether oxygens (including phenoxy) is 1. The van der Waals surface area contributed by atoms with Crippen LogP contribution in [0.4, 0.5) is 4.79 Å². The van der Waals surface area contributed by atoms with Crippen LogP contribution in [-0.4, -0.2) is 57.4 Å². The Kier molecular flexibility index (Phi) is 5.43. The molecule has 2 atom stereocenters. The monoisotopic (exact) mass is 350 g/mol. The van der Waals surface area contributed by atoms with Gasteiger partial charge in [-0.2, -0.15) is 5.26 Å². The number of aliphatic hydroxyl groups is 2. The van der Waals surface area contributed by atoms with Gasteiger partial charge in [0.2, 0.25) is 0 Å². The van der Waals surface area contributed by atoms with Crippen molar-refractivity contribution in [1.29, 1.82) is 5.26 Å². The Labute approximate surface area is 146 Å². The van der Waals surface area contributed by atoms with Gasteiger partial charge in [0, 0.05) is 11.4 Å². The number of amides is 1. The van der Waals surface area contributed by atoms with Gasteiger partial charge in [0.15, 0.2) is 0 Å². The maximum absolute atomic E-state index is 12.2. The van der Waals surface area contributed by atoms with Crippen molar-refractivity contribution in [2.75, 3.05) is 19.7 Å². The highest BCUT2D eigenvalue weighted by Crippen LogP contribution is 2.36. The molecule has 1 amide bonds. The molecule has 1 heterocycles. The molecule has 1 aromatic carbocycles. The average Bonchev–Trinajstić information content (AvgIpc) is 2.84. The molecule has 0 unspecified atom stereocenters. The van der Waals surface area contributed by atoms with Crippen LogP contribution >= 0.6 is 11.8 Å². The van der Waals surface area contributed by atoms with Crippen LogP contribution in [0.2, 0.25) is 0 Å². The summed E-state index contributed by atoms with van der Waals surface area (Å²) in [5.74, 6) is 0. The highest BCUT2D eigenvalue weighted by Gasteiger charge is 2.48. The summed E-state index contributed by atoms with van der Waals surface area (Å²) in [6.07, 6.45) is -0.502. The molecule has 7 heteroatoms. The third-order valence-corrected chi connectivity index (χ3v) is 5.05. The fourth-order valence-electron chi connectivity index (χ4n) is 2.40. The van der Waals surface area contributed by atoms with E-state index in [2.05, 4.69) is 6.07 Å². The number of aliphatic hydroxyl groups excluding tert-OH is 1. The van der Waals surface area contributed by atoms with E-state index < -0.39 is 23.9 Å². The lowest BCUT2D eigenvalue weighted by Gasteiger charge is -2.26. The molecule has 1 fully saturated rings. The molecule has 0 radical (unpaired) electrons. The van der Waals surface area contributed by atoms with Crippen LogP contribution in [0.1, 0.15) is 26.3 Å². The van der Waals surface area contributed by atoms with Gasteiger partial charge in [0.05, 0.1) is 30.0 Å². The number of hydrogen-bond acceptors (Lipinski definition) is 6. The van der Waals surface area contributed by atoms with Crippen molar-refractivity contribution >= 4 is 17.9 Å². The fourth-order valence-corrected chi connectivity index (χ4v) is 3.65. The van der Waals surface area contributed by atoms with Crippen LogP contribution in [0.15, 0.2) is 29.2 Å².